The number of thiazole rings is 1. The Balaban J connectivity index is 1.62. The highest BCUT2D eigenvalue weighted by Crippen LogP contribution is 2.45. The number of rotatable bonds is 5. The van der Waals surface area contributed by atoms with Gasteiger partial charge >= 0.3 is 5.97 Å². The second-order valence-electron chi connectivity index (χ2n) is 5.86. The number of hydrogen-bond donors (Lipinski definition) is 1. The molecular formula is C17H17ClN2O3S. The number of aromatic nitrogens is 1. The van der Waals surface area contributed by atoms with Gasteiger partial charge in [0.05, 0.1) is 11.1 Å². The lowest BCUT2D eigenvalue weighted by molar-refractivity contribution is -0.156. The van der Waals surface area contributed by atoms with Crippen molar-refractivity contribution < 1.29 is 14.3 Å². The van der Waals surface area contributed by atoms with Gasteiger partial charge in [-0.15, -0.1) is 11.3 Å². The van der Waals surface area contributed by atoms with Gasteiger partial charge in [-0.2, -0.15) is 0 Å². The second-order valence-corrected chi connectivity index (χ2v) is 7.16. The maximum atomic E-state index is 12.6. The smallest absolute Gasteiger partial charge is 0.317 e. The lowest BCUT2D eigenvalue weighted by atomic mass is 9.64. The monoisotopic (exact) mass is 364 g/mol. The van der Waals surface area contributed by atoms with Crippen LogP contribution in [0.2, 0.25) is 5.02 Å². The van der Waals surface area contributed by atoms with Crippen LogP contribution >= 0.6 is 22.9 Å². The van der Waals surface area contributed by atoms with Crippen LogP contribution in [0, 0.1) is 6.92 Å². The molecule has 0 radical (unpaired) electrons. The first-order valence-corrected chi connectivity index (χ1v) is 8.91. The van der Waals surface area contributed by atoms with Crippen LogP contribution in [0.1, 0.15) is 30.5 Å². The number of benzene rings is 1. The number of halogens is 1. The number of anilines is 1. The Morgan fingerprint density at radius 1 is 1.42 bits per heavy atom. The molecule has 1 aliphatic carbocycles. The van der Waals surface area contributed by atoms with E-state index in [9.17, 15) is 9.59 Å². The first-order valence-electron chi connectivity index (χ1n) is 7.65. The molecule has 0 spiro atoms. The van der Waals surface area contributed by atoms with Crippen molar-refractivity contribution >= 4 is 39.9 Å². The summed E-state index contributed by atoms with van der Waals surface area (Å²) in [5.41, 5.74) is 1.01. The summed E-state index contributed by atoms with van der Waals surface area (Å²) in [7, 11) is 0. The summed E-state index contributed by atoms with van der Waals surface area (Å²) >= 11 is 7.37. The van der Waals surface area contributed by atoms with E-state index < -0.39 is 11.3 Å². The third-order valence-corrected chi connectivity index (χ3v) is 5.29. The van der Waals surface area contributed by atoms with E-state index in [0.29, 0.717) is 23.0 Å². The summed E-state index contributed by atoms with van der Waals surface area (Å²) in [6, 6.07) is 7.26. The average Bonchev–Trinajstić information content (AvgIpc) is 2.89. The number of nitrogens with one attached hydrogen (secondary N) is 1. The first kappa shape index (κ1) is 16.9. The fourth-order valence-electron chi connectivity index (χ4n) is 2.76. The summed E-state index contributed by atoms with van der Waals surface area (Å²) in [6.45, 7) is 1.53. The maximum Gasteiger partial charge on any atom is 0.317 e. The fraction of sp³-hybridized carbons (Fsp3) is 0.353. The fourth-order valence-corrected chi connectivity index (χ4v) is 3.66. The molecule has 0 saturated heterocycles. The molecule has 1 fully saturated rings. The number of esters is 1. The standard InChI is InChI=1S/C17H17ClN2O3S/c1-11-10-24-16(19-11)20-14(21)9-23-15(22)17(6-3-7-17)12-4-2-5-13(18)8-12/h2,4-5,8,10H,3,6-7,9H2,1H3,(H,19,20,21). The molecule has 126 valence electrons. The molecule has 1 aromatic carbocycles. The Morgan fingerprint density at radius 2 is 2.21 bits per heavy atom. The molecule has 7 heteroatoms. The van der Waals surface area contributed by atoms with Gasteiger partial charge in [0.25, 0.3) is 5.91 Å². The van der Waals surface area contributed by atoms with E-state index in [1.165, 1.54) is 11.3 Å². The lowest BCUT2D eigenvalue weighted by Crippen LogP contribution is -2.44. The molecular weight excluding hydrogens is 348 g/mol. The minimum absolute atomic E-state index is 0.320. The first-order chi connectivity index (χ1) is 11.5. The quantitative estimate of drug-likeness (QED) is 0.821. The molecule has 3 rings (SSSR count). The lowest BCUT2D eigenvalue weighted by Gasteiger charge is -2.39. The molecule has 0 atom stereocenters. The van der Waals surface area contributed by atoms with Crippen molar-refractivity contribution in [3.63, 3.8) is 0 Å². The predicted octanol–water partition coefficient (Wildman–Crippen LogP) is 3.71. The summed E-state index contributed by atoms with van der Waals surface area (Å²) in [4.78, 5) is 28.6. The van der Waals surface area contributed by atoms with Crippen LogP contribution in [0.5, 0.6) is 0 Å². The van der Waals surface area contributed by atoms with E-state index in [2.05, 4.69) is 10.3 Å². The minimum Gasteiger partial charge on any atom is -0.455 e. The van der Waals surface area contributed by atoms with Crippen LogP contribution in [0.3, 0.4) is 0 Å². The van der Waals surface area contributed by atoms with E-state index in [1.54, 1.807) is 12.1 Å². The van der Waals surface area contributed by atoms with E-state index >= 15 is 0 Å². The zero-order valence-corrected chi connectivity index (χ0v) is 14.7. The van der Waals surface area contributed by atoms with Crippen LogP contribution in [0.25, 0.3) is 0 Å². The van der Waals surface area contributed by atoms with Gasteiger partial charge in [-0.1, -0.05) is 30.2 Å². The van der Waals surface area contributed by atoms with Gasteiger partial charge in [-0.05, 0) is 37.5 Å². The molecule has 1 N–H and O–H groups in total. The molecule has 1 aromatic heterocycles. The van der Waals surface area contributed by atoms with Gasteiger partial charge < -0.3 is 4.74 Å². The van der Waals surface area contributed by atoms with Crippen LogP contribution in [-0.2, 0) is 19.7 Å². The third kappa shape index (κ3) is 3.44. The van der Waals surface area contributed by atoms with Gasteiger partial charge in [0.1, 0.15) is 0 Å². The Labute approximate surface area is 149 Å². The van der Waals surface area contributed by atoms with Gasteiger partial charge in [0.2, 0.25) is 0 Å². The molecule has 0 unspecified atom stereocenters. The van der Waals surface area contributed by atoms with Crippen molar-refractivity contribution in [2.24, 2.45) is 0 Å². The van der Waals surface area contributed by atoms with Crippen molar-refractivity contribution in [2.45, 2.75) is 31.6 Å². The van der Waals surface area contributed by atoms with Gasteiger partial charge in [0.15, 0.2) is 11.7 Å². The number of amides is 1. The number of ether oxygens (including phenoxy) is 1. The molecule has 1 amide bonds. The van der Waals surface area contributed by atoms with Gasteiger partial charge in [-0.3, -0.25) is 14.9 Å². The highest BCUT2D eigenvalue weighted by molar-refractivity contribution is 7.13. The van der Waals surface area contributed by atoms with Crippen LogP contribution in [0.15, 0.2) is 29.6 Å². The molecule has 1 aliphatic rings. The summed E-state index contributed by atoms with van der Waals surface area (Å²) in [5, 5.41) is 5.55. The number of carbonyl (C=O) groups is 2. The second kappa shape index (κ2) is 6.91. The number of carbonyl (C=O) groups excluding carboxylic acids is 2. The van der Waals surface area contributed by atoms with Crippen LogP contribution in [-0.4, -0.2) is 23.5 Å². The molecule has 1 saturated carbocycles. The highest BCUT2D eigenvalue weighted by atomic mass is 35.5. The molecule has 1 heterocycles. The van der Waals surface area contributed by atoms with Crippen molar-refractivity contribution in [2.75, 3.05) is 11.9 Å². The molecule has 5 nitrogen and oxygen atoms in total. The molecule has 0 aliphatic heterocycles. The van der Waals surface area contributed by atoms with E-state index in [4.69, 9.17) is 16.3 Å². The number of nitrogens with zero attached hydrogens (tertiary/aromatic N) is 1. The average molecular weight is 365 g/mol. The largest absolute Gasteiger partial charge is 0.455 e. The SMILES string of the molecule is Cc1csc(NC(=O)COC(=O)C2(c3cccc(Cl)c3)CCC2)n1. The van der Waals surface area contributed by atoms with E-state index in [1.807, 2.05) is 24.4 Å². The molecule has 2 aromatic rings. The predicted molar refractivity (Wildman–Crippen MR) is 93.4 cm³/mol. The zero-order valence-electron chi connectivity index (χ0n) is 13.2. The van der Waals surface area contributed by atoms with Gasteiger partial charge in [-0.25, -0.2) is 4.98 Å². The summed E-state index contributed by atoms with van der Waals surface area (Å²) < 4.78 is 5.27. The Hall–Kier alpha value is -1.92. The van der Waals surface area contributed by atoms with Crippen LogP contribution in [0.4, 0.5) is 5.13 Å². The van der Waals surface area contributed by atoms with Crippen LogP contribution < -0.4 is 5.32 Å². The zero-order chi connectivity index (χ0) is 17.2. The van der Waals surface area contributed by atoms with E-state index in [0.717, 1.165) is 17.7 Å². The topological polar surface area (TPSA) is 68.3 Å². The van der Waals surface area contributed by atoms with E-state index in [-0.39, 0.29) is 12.6 Å². The van der Waals surface area contributed by atoms with Crippen molar-refractivity contribution in [1.29, 1.82) is 0 Å². The Morgan fingerprint density at radius 3 is 2.79 bits per heavy atom. The highest BCUT2D eigenvalue weighted by Gasteiger charge is 2.47. The summed E-state index contributed by atoms with van der Waals surface area (Å²) in [6.07, 6.45) is 2.37. The minimum atomic E-state index is -0.678. The maximum absolute atomic E-state index is 12.6. The van der Waals surface area contributed by atoms with Gasteiger partial charge in [0, 0.05) is 10.4 Å². The van der Waals surface area contributed by atoms with Crippen molar-refractivity contribution in [3.8, 4) is 0 Å². The Kier molecular flexibility index (Phi) is 4.87. The number of aryl methyl sites for hydroxylation is 1. The summed E-state index contributed by atoms with van der Waals surface area (Å²) in [5.74, 6) is -0.764. The van der Waals surface area contributed by atoms with Crippen molar-refractivity contribution in [3.05, 3.63) is 45.9 Å². The normalized spacial score (nSPS) is 15.4. The molecule has 0 bridgehead atoms. The molecule has 24 heavy (non-hydrogen) atoms. The van der Waals surface area contributed by atoms with Crippen molar-refractivity contribution in [1.82, 2.24) is 4.98 Å². The number of hydrogen-bond acceptors (Lipinski definition) is 5. The third-order valence-electron chi connectivity index (χ3n) is 4.17. The Bertz CT molecular complexity index is 771.